The summed E-state index contributed by atoms with van der Waals surface area (Å²) in [6, 6.07) is 10.5. The zero-order valence-corrected chi connectivity index (χ0v) is 12.5. The van der Waals surface area contributed by atoms with Gasteiger partial charge in [0.2, 0.25) is 0 Å². The largest absolute Gasteiger partial charge is 0.399 e. The van der Waals surface area contributed by atoms with Crippen LogP contribution in [-0.2, 0) is 0 Å². The van der Waals surface area contributed by atoms with Crippen LogP contribution in [0.5, 0.6) is 0 Å². The van der Waals surface area contributed by atoms with Crippen molar-refractivity contribution in [3.8, 4) is 0 Å². The number of hydrogen-bond acceptors (Lipinski definition) is 2. The Hall–Kier alpha value is -1.52. The molecule has 0 aliphatic rings. The summed E-state index contributed by atoms with van der Waals surface area (Å²) in [5.41, 5.74) is 8.26. The smallest absolute Gasteiger partial charge is 0.256 e. The molecule has 2 aromatic carbocycles. The van der Waals surface area contributed by atoms with Crippen molar-refractivity contribution >= 4 is 44.8 Å². The van der Waals surface area contributed by atoms with E-state index < -0.39 is 0 Å². The van der Waals surface area contributed by atoms with Gasteiger partial charge in [-0.2, -0.15) is 0 Å². The molecule has 0 fully saturated rings. The number of hydrogen-bond donors (Lipinski definition) is 2. The minimum atomic E-state index is -0.220. The number of rotatable bonds is 2. The van der Waals surface area contributed by atoms with E-state index in [2.05, 4.69) is 21.2 Å². The molecule has 2 rings (SSSR count). The SMILES string of the molecule is Cc1cccc(C(=O)Nc2ccc(N)cc2Cl)c1Br. The first-order valence-corrected chi connectivity index (χ1v) is 6.77. The first-order valence-electron chi connectivity index (χ1n) is 5.60. The average Bonchev–Trinajstić information content (AvgIpc) is 2.36. The van der Waals surface area contributed by atoms with E-state index >= 15 is 0 Å². The van der Waals surface area contributed by atoms with E-state index in [1.165, 1.54) is 0 Å². The number of aryl methyl sites for hydroxylation is 1. The highest BCUT2D eigenvalue weighted by atomic mass is 79.9. The van der Waals surface area contributed by atoms with Gasteiger partial charge in [-0.3, -0.25) is 4.79 Å². The lowest BCUT2D eigenvalue weighted by atomic mass is 10.1. The Morgan fingerprint density at radius 1 is 1.32 bits per heavy atom. The second-order valence-electron chi connectivity index (χ2n) is 4.13. The minimum Gasteiger partial charge on any atom is -0.399 e. The summed E-state index contributed by atoms with van der Waals surface area (Å²) in [5.74, 6) is -0.220. The molecule has 3 nitrogen and oxygen atoms in total. The summed E-state index contributed by atoms with van der Waals surface area (Å²) in [7, 11) is 0. The fourth-order valence-electron chi connectivity index (χ4n) is 1.65. The van der Waals surface area contributed by atoms with E-state index in [-0.39, 0.29) is 5.91 Å². The molecule has 0 heterocycles. The zero-order chi connectivity index (χ0) is 14.0. The van der Waals surface area contributed by atoms with Crippen molar-refractivity contribution in [2.24, 2.45) is 0 Å². The molecule has 5 heteroatoms. The molecule has 1 amide bonds. The molecule has 98 valence electrons. The van der Waals surface area contributed by atoms with Crippen molar-refractivity contribution in [1.29, 1.82) is 0 Å². The molecule has 0 aliphatic heterocycles. The van der Waals surface area contributed by atoms with Gasteiger partial charge in [0, 0.05) is 10.2 Å². The van der Waals surface area contributed by atoms with Crippen LogP contribution in [-0.4, -0.2) is 5.91 Å². The fraction of sp³-hybridized carbons (Fsp3) is 0.0714. The summed E-state index contributed by atoms with van der Waals surface area (Å²) in [4.78, 5) is 12.2. The standard InChI is InChI=1S/C14H12BrClN2O/c1-8-3-2-4-10(13(8)15)14(19)18-12-6-5-9(17)7-11(12)16/h2-7H,17H2,1H3,(H,18,19). The summed E-state index contributed by atoms with van der Waals surface area (Å²) in [5, 5.41) is 3.18. The molecule has 19 heavy (non-hydrogen) atoms. The van der Waals surface area contributed by atoms with Crippen LogP contribution in [0.4, 0.5) is 11.4 Å². The Morgan fingerprint density at radius 2 is 2.05 bits per heavy atom. The van der Waals surface area contributed by atoms with Gasteiger partial charge in [0.1, 0.15) is 0 Å². The maximum Gasteiger partial charge on any atom is 0.256 e. The number of nitrogens with two attached hydrogens (primary N) is 1. The number of carbonyl (C=O) groups is 1. The molecule has 0 spiro atoms. The van der Waals surface area contributed by atoms with Crippen LogP contribution in [0.15, 0.2) is 40.9 Å². The van der Waals surface area contributed by atoms with Crippen molar-refractivity contribution < 1.29 is 4.79 Å². The zero-order valence-electron chi connectivity index (χ0n) is 10.2. The number of nitrogens with one attached hydrogen (secondary N) is 1. The van der Waals surface area contributed by atoms with Gasteiger partial charge in [-0.25, -0.2) is 0 Å². The third-order valence-electron chi connectivity index (χ3n) is 2.68. The monoisotopic (exact) mass is 338 g/mol. The highest BCUT2D eigenvalue weighted by molar-refractivity contribution is 9.10. The fourth-order valence-corrected chi connectivity index (χ4v) is 2.33. The van der Waals surface area contributed by atoms with Crippen molar-refractivity contribution in [3.05, 3.63) is 57.0 Å². The second kappa shape index (κ2) is 5.63. The third-order valence-corrected chi connectivity index (χ3v) is 4.04. The van der Waals surface area contributed by atoms with E-state index in [9.17, 15) is 4.79 Å². The molecule has 0 aromatic heterocycles. The van der Waals surface area contributed by atoms with Crippen LogP contribution in [0.25, 0.3) is 0 Å². The number of benzene rings is 2. The van der Waals surface area contributed by atoms with Gasteiger partial charge in [0.05, 0.1) is 16.3 Å². The van der Waals surface area contributed by atoms with E-state index in [1.807, 2.05) is 19.1 Å². The molecule has 0 saturated carbocycles. The van der Waals surface area contributed by atoms with Gasteiger partial charge in [-0.05, 0) is 52.7 Å². The minimum absolute atomic E-state index is 0.220. The maximum absolute atomic E-state index is 12.2. The Kier molecular flexibility index (Phi) is 4.12. The normalized spacial score (nSPS) is 10.3. The first-order chi connectivity index (χ1) is 8.99. The van der Waals surface area contributed by atoms with E-state index in [0.717, 1.165) is 10.0 Å². The lowest BCUT2D eigenvalue weighted by Gasteiger charge is -2.10. The van der Waals surface area contributed by atoms with Crippen molar-refractivity contribution in [2.45, 2.75) is 6.92 Å². The number of amides is 1. The van der Waals surface area contributed by atoms with Crippen LogP contribution in [0.2, 0.25) is 5.02 Å². The summed E-state index contributed by atoms with van der Waals surface area (Å²) < 4.78 is 0.777. The molecular formula is C14H12BrClN2O. The lowest BCUT2D eigenvalue weighted by Crippen LogP contribution is -2.13. The predicted octanol–water partition coefficient (Wildman–Crippen LogP) is 4.25. The molecule has 0 bridgehead atoms. The molecule has 0 atom stereocenters. The summed E-state index contributed by atoms with van der Waals surface area (Å²) in [6.45, 7) is 1.93. The van der Waals surface area contributed by atoms with Gasteiger partial charge in [0.25, 0.3) is 5.91 Å². The van der Waals surface area contributed by atoms with Crippen molar-refractivity contribution in [2.75, 3.05) is 11.1 Å². The number of halogens is 2. The van der Waals surface area contributed by atoms with Gasteiger partial charge < -0.3 is 11.1 Å². The Bertz CT molecular complexity index is 643. The Labute approximate surface area is 124 Å². The topological polar surface area (TPSA) is 55.1 Å². The van der Waals surface area contributed by atoms with Crippen LogP contribution >= 0.6 is 27.5 Å². The van der Waals surface area contributed by atoms with Crippen LogP contribution in [0.1, 0.15) is 15.9 Å². The summed E-state index contributed by atoms with van der Waals surface area (Å²) >= 11 is 9.44. The van der Waals surface area contributed by atoms with Gasteiger partial charge in [-0.15, -0.1) is 0 Å². The Balaban J connectivity index is 2.28. The van der Waals surface area contributed by atoms with Gasteiger partial charge in [0.15, 0.2) is 0 Å². The number of carbonyl (C=O) groups excluding carboxylic acids is 1. The van der Waals surface area contributed by atoms with Crippen molar-refractivity contribution in [3.63, 3.8) is 0 Å². The number of nitrogen functional groups attached to an aromatic ring is 1. The van der Waals surface area contributed by atoms with E-state index in [0.29, 0.717) is 22.0 Å². The molecular weight excluding hydrogens is 328 g/mol. The van der Waals surface area contributed by atoms with Gasteiger partial charge >= 0.3 is 0 Å². The van der Waals surface area contributed by atoms with Gasteiger partial charge in [-0.1, -0.05) is 23.7 Å². The highest BCUT2D eigenvalue weighted by Gasteiger charge is 2.12. The molecule has 0 unspecified atom stereocenters. The van der Waals surface area contributed by atoms with Crippen LogP contribution in [0, 0.1) is 6.92 Å². The van der Waals surface area contributed by atoms with Crippen LogP contribution < -0.4 is 11.1 Å². The molecule has 2 aromatic rings. The van der Waals surface area contributed by atoms with Crippen molar-refractivity contribution in [1.82, 2.24) is 0 Å². The quantitative estimate of drug-likeness (QED) is 0.804. The Morgan fingerprint density at radius 3 is 2.74 bits per heavy atom. The maximum atomic E-state index is 12.2. The first kappa shape index (κ1) is 13.9. The molecule has 3 N–H and O–H groups in total. The second-order valence-corrected chi connectivity index (χ2v) is 5.33. The highest BCUT2D eigenvalue weighted by Crippen LogP contribution is 2.26. The van der Waals surface area contributed by atoms with Crippen LogP contribution in [0.3, 0.4) is 0 Å². The average molecular weight is 340 g/mol. The summed E-state index contributed by atoms with van der Waals surface area (Å²) in [6.07, 6.45) is 0. The molecule has 0 radical (unpaired) electrons. The van der Waals surface area contributed by atoms with E-state index in [1.54, 1.807) is 24.3 Å². The third kappa shape index (κ3) is 3.08. The molecule has 0 saturated heterocycles. The predicted molar refractivity (Wildman–Crippen MR) is 82.7 cm³/mol. The number of anilines is 2. The molecule has 0 aliphatic carbocycles. The van der Waals surface area contributed by atoms with E-state index in [4.69, 9.17) is 17.3 Å². The lowest BCUT2D eigenvalue weighted by molar-refractivity contribution is 0.102.